The minimum atomic E-state index is 0.0203. The number of nitrogens with zero attached hydrogens (tertiary/aromatic N) is 2. The van der Waals surface area contributed by atoms with E-state index in [1.165, 1.54) is 32.7 Å². The Bertz CT molecular complexity index is 2760. The number of fused-ring (bicyclic) bond motifs is 5. The molecule has 0 aliphatic rings. The van der Waals surface area contributed by atoms with E-state index in [1.54, 1.807) is 0 Å². The van der Waals surface area contributed by atoms with Gasteiger partial charge in [-0.25, -0.2) is 0 Å². The van der Waals surface area contributed by atoms with Crippen LogP contribution in [0, 0.1) is 0 Å². The van der Waals surface area contributed by atoms with Crippen LogP contribution in [0.25, 0.3) is 43.5 Å². The molecule has 0 saturated carbocycles. The van der Waals surface area contributed by atoms with E-state index in [1.807, 2.05) is 6.07 Å². The zero-order valence-electron chi connectivity index (χ0n) is 32.8. The van der Waals surface area contributed by atoms with E-state index in [-0.39, 0.29) is 10.8 Å². The van der Waals surface area contributed by atoms with Crippen molar-refractivity contribution < 1.29 is 4.42 Å². The Labute approximate surface area is 337 Å². The lowest BCUT2D eigenvalue weighted by atomic mass is 9.86. The van der Waals surface area contributed by atoms with Crippen molar-refractivity contribution in [2.75, 3.05) is 9.80 Å². The molecule has 0 amide bonds. The molecule has 0 atom stereocenters. The first-order valence-corrected chi connectivity index (χ1v) is 20.2. The lowest BCUT2D eigenvalue weighted by molar-refractivity contribution is 0.590. The highest BCUT2D eigenvalue weighted by Crippen LogP contribution is 2.53. The number of furan rings is 1. The smallest absolute Gasteiger partial charge is 0.139 e. The number of benzene rings is 8. The van der Waals surface area contributed by atoms with Gasteiger partial charge in [0.25, 0.3) is 0 Å². The zero-order chi connectivity index (χ0) is 38.8. The van der Waals surface area contributed by atoms with Crippen molar-refractivity contribution in [1.29, 1.82) is 0 Å². The summed E-state index contributed by atoms with van der Waals surface area (Å²) in [5.74, 6) is 0. The molecule has 0 bridgehead atoms. The maximum absolute atomic E-state index is 6.83. The average Bonchev–Trinajstić information content (AvgIpc) is 3.57. The summed E-state index contributed by atoms with van der Waals surface area (Å²) in [4.78, 5) is 4.76. The van der Waals surface area contributed by atoms with Gasteiger partial charge in [0.15, 0.2) is 0 Å². The molecule has 276 valence electrons. The standard InChI is InChI=1S/C52H45BrN2O/c1-51(2,3)38-21-27-40(28-22-38)55(41-29-23-39(24-30-41)52(4,5)6)50-48-44-17-11-12-18-46(44)56-47(48)33-45(49(50)53)54(42-25-19-34-13-7-9-15-36(34)31-42)43-26-20-35-14-8-10-16-37(35)32-43/h7-33H,1-6H3. The number of para-hydroxylation sites is 1. The molecule has 4 heteroatoms. The fourth-order valence-electron chi connectivity index (χ4n) is 7.89. The first kappa shape index (κ1) is 35.8. The molecule has 0 aliphatic heterocycles. The van der Waals surface area contributed by atoms with E-state index in [4.69, 9.17) is 4.42 Å². The SMILES string of the molecule is CC(C)(C)c1ccc(N(c2ccc(C(C)(C)C)cc2)c2c(Br)c(N(c3ccc4ccccc4c3)c3ccc4ccccc4c3)cc3oc4ccccc4c23)cc1. The van der Waals surface area contributed by atoms with Gasteiger partial charge in [-0.1, -0.05) is 145 Å². The van der Waals surface area contributed by atoms with Gasteiger partial charge in [0, 0.05) is 34.2 Å². The number of rotatable bonds is 6. The van der Waals surface area contributed by atoms with Crippen molar-refractivity contribution in [3.8, 4) is 0 Å². The molecule has 9 rings (SSSR count). The summed E-state index contributed by atoms with van der Waals surface area (Å²) in [6.45, 7) is 13.6. The number of anilines is 6. The first-order chi connectivity index (χ1) is 26.9. The Morgan fingerprint density at radius 3 is 1.38 bits per heavy atom. The summed E-state index contributed by atoms with van der Waals surface area (Å²) in [5, 5.41) is 6.87. The Hall–Kier alpha value is -5.84. The van der Waals surface area contributed by atoms with Crippen LogP contribution in [0.1, 0.15) is 52.7 Å². The van der Waals surface area contributed by atoms with Gasteiger partial charge in [-0.2, -0.15) is 0 Å². The van der Waals surface area contributed by atoms with Gasteiger partial charge < -0.3 is 14.2 Å². The predicted octanol–water partition coefficient (Wildman–Crippen LogP) is 16.2. The van der Waals surface area contributed by atoms with Gasteiger partial charge in [0.1, 0.15) is 11.2 Å². The van der Waals surface area contributed by atoms with E-state index in [0.717, 1.165) is 60.5 Å². The molecule has 0 N–H and O–H groups in total. The van der Waals surface area contributed by atoms with Crippen LogP contribution >= 0.6 is 15.9 Å². The maximum atomic E-state index is 6.83. The molecule has 3 nitrogen and oxygen atoms in total. The molecule has 56 heavy (non-hydrogen) atoms. The Kier molecular flexibility index (Phi) is 8.78. The van der Waals surface area contributed by atoms with Crippen LogP contribution < -0.4 is 9.80 Å². The lowest BCUT2D eigenvalue weighted by Crippen LogP contribution is -2.16. The molecule has 0 radical (unpaired) electrons. The van der Waals surface area contributed by atoms with Crippen molar-refractivity contribution in [2.45, 2.75) is 52.4 Å². The third-order valence-electron chi connectivity index (χ3n) is 11.0. The van der Waals surface area contributed by atoms with Gasteiger partial charge in [-0.05, 0) is 114 Å². The van der Waals surface area contributed by atoms with Crippen LogP contribution in [0.5, 0.6) is 0 Å². The van der Waals surface area contributed by atoms with Crippen LogP contribution in [-0.2, 0) is 10.8 Å². The van der Waals surface area contributed by atoms with E-state index >= 15 is 0 Å². The van der Waals surface area contributed by atoms with Crippen LogP contribution in [0.4, 0.5) is 34.1 Å². The van der Waals surface area contributed by atoms with Crippen LogP contribution in [-0.4, -0.2) is 0 Å². The maximum Gasteiger partial charge on any atom is 0.139 e. The molecule has 0 fully saturated rings. The highest BCUT2D eigenvalue weighted by Gasteiger charge is 2.29. The molecule has 0 aliphatic carbocycles. The van der Waals surface area contributed by atoms with Crippen LogP contribution in [0.15, 0.2) is 173 Å². The summed E-state index contributed by atoms with van der Waals surface area (Å²) in [5.41, 5.74) is 10.5. The fourth-order valence-corrected chi connectivity index (χ4v) is 8.56. The first-order valence-electron chi connectivity index (χ1n) is 19.4. The quantitative estimate of drug-likeness (QED) is 0.167. The molecule has 0 spiro atoms. The summed E-state index contributed by atoms with van der Waals surface area (Å²) in [6, 6.07) is 59.3. The average molecular weight is 794 g/mol. The van der Waals surface area contributed by atoms with Gasteiger partial charge in [-0.3, -0.25) is 0 Å². The molecule has 1 heterocycles. The summed E-state index contributed by atoms with van der Waals surface area (Å²) in [7, 11) is 0. The van der Waals surface area contributed by atoms with Gasteiger partial charge in [-0.15, -0.1) is 0 Å². The van der Waals surface area contributed by atoms with Gasteiger partial charge in [0.05, 0.1) is 21.2 Å². The predicted molar refractivity (Wildman–Crippen MR) is 243 cm³/mol. The monoisotopic (exact) mass is 792 g/mol. The highest BCUT2D eigenvalue weighted by atomic mass is 79.9. The molecule has 0 unspecified atom stereocenters. The van der Waals surface area contributed by atoms with Crippen molar-refractivity contribution in [2.24, 2.45) is 0 Å². The number of hydrogen-bond acceptors (Lipinski definition) is 3. The lowest BCUT2D eigenvalue weighted by Gasteiger charge is -2.32. The van der Waals surface area contributed by atoms with E-state index in [9.17, 15) is 0 Å². The van der Waals surface area contributed by atoms with E-state index in [2.05, 4.69) is 225 Å². The third-order valence-corrected chi connectivity index (χ3v) is 11.8. The zero-order valence-corrected chi connectivity index (χ0v) is 34.4. The fraction of sp³-hybridized carbons (Fsp3) is 0.154. The Morgan fingerprint density at radius 2 is 0.875 bits per heavy atom. The molecular formula is C52H45BrN2O. The third kappa shape index (κ3) is 6.42. The minimum Gasteiger partial charge on any atom is -0.456 e. The van der Waals surface area contributed by atoms with E-state index in [0.29, 0.717) is 0 Å². The number of halogens is 1. The second-order valence-electron chi connectivity index (χ2n) is 16.9. The topological polar surface area (TPSA) is 19.6 Å². The molecule has 0 saturated heterocycles. The van der Waals surface area contributed by atoms with Crippen molar-refractivity contribution in [3.05, 3.63) is 179 Å². The largest absolute Gasteiger partial charge is 0.456 e. The van der Waals surface area contributed by atoms with Crippen molar-refractivity contribution in [1.82, 2.24) is 0 Å². The molecular weight excluding hydrogens is 748 g/mol. The number of hydrogen-bond donors (Lipinski definition) is 0. The highest BCUT2D eigenvalue weighted by molar-refractivity contribution is 9.10. The summed E-state index contributed by atoms with van der Waals surface area (Å²) in [6.07, 6.45) is 0. The normalized spacial score (nSPS) is 12.2. The van der Waals surface area contributed by atoms with Gasteiger partial charge >= 0.3 is 0 Å². The Morgan fingerprint density at radius 1 is 0.429 bits per heavy atom. The molecule has 8 aromatic carbocycles. The van der Waals surface area contributed by atoms with Gasteiger partial charge in [0.2, 0.25) is 0 Å². The molecule has 9 aromatic rings. The van der Waals surface area contributed by atoms with Crippen molar-refractivity contribution >= 4 is 93.5 Å². The Balaban J connectivity index is 1.37. The summed E-state index contributed by atoms with van der Waals surface area (Å²) >= 11 is 4.33. The molecule has 1 aromatic heterocycles. The van der Waals surface area contributed by atoms with Crippen LogP contribution in [0.3, 0.4) is 0 Å². The van der Waals surface area contributed by atoms with E-state index < -0.39 is 0 Å². The van der Waals surface area contributed by atoms with Crippen LogP contribution in [0.2, 0.25) is 0 Å². The second-order valence-corrected chi connectivity index (χ2v) is 17.7. The summed E-state index contributed by atoms with van der Waals surface area (Å²) < 4.78 is 7.78. The second kappa shape index (κ2) is 13.7. The van der Waals surface area contributed by atoms with Crippen molar-refractivity contribution in [3.63, 3.8) is 0 Å². The minimum absolute atomic E-state index is 0.0203.